The summed E-state index contributed by atoms with van der Waals surface area (Å²) >= 11 is 0. The number of rotatable bonds is 3. The Bertz CT molecular complexity index is 1130. The van der Waals surface area contributed by atoms with Crippen molar-refractivity contribution in [3.8, 4) is 0 Å². The molecular formula is C20H19N3O4. The van der Waals surface area contributed by atoms with Gasteiger partial charge in [0.05, 0.1) is 28.6 Å². The fraction of sp³-hybridized carbons (Fsp3) is 0.300. The van der Waals surface area contributed by atoms with E-state index in [4.69, 9.17) is 4.42 Å². The molecule has 1 aromatic carbocycles. The van der Waals surface area contributed by atoms with Gasteiger partial charge in [0.2, 0.25) is 0 Å². The highest BCUT2D eigenvalue weighted by Gasteiger charge is 2.31. The molecule has 0 atom stereocenters. The summed E-state index contributed by atoms with van der Waals surface area (Å²) in [5, 5.41) is 0.501. The number of nitrogens with one attached hydrogen (secondary N) is 1. The third kappa shape index (κ3) is 2.95. The molecule has 0 fully saturated rings. The Kier molecular flexibility index (Phi) is 4.14. The van der Waals surface area contributed by atoms with Gasteiger partial charge in [-0.15, -0.1) is 0 Å². The molecule has 0 unspecified atom stereocenters. The summed E-state index contributed by atoms with van der Waals surface area (Å²) < 4.78 is 5.66. The Morgan fingerprint density at radius 3 is 2.85 bits per heavy atom. The average molecular weight is 365 g/mol. The predicted molar refractivity (Wildman–Crippen MR) is 98.9 cm³/mol. The Morgan fingerprint density at radius 2 is 2.04 bits per heavy atom. The summed E-state index contributed by atoms with van der Waals surface area (Å²) in [5.41, 5.74) is 1.06. The van der Waals surface area contributed by atoms with Crippen molar-refractivity contribution in [2.75, 3.05) is 7.05 Å². The van der Waals surface area contributed by atoms with E-state index in [1.165, 1.54) is 4.90 Å². The van der Waals surface area contributed by atoms with E-state index in [9.17, 15) is 14.4 Å². The number of carbonyl (C=O) groups excluding carboxylic acids is 2. The van der Waals surface area contributed by atoms with Crippen LogP contribution in [-0.2, 0) is 13.0 Å². The van der Waals surface area contributed by atoms with Gasteiger partial charge >= 0.3 is 0 Å². The molecule has 1 aliphatic rings. The third-order valence-electron chi connectivity index (χ3n) is 4.85. The van der Waals surface area contributed by atoms with Crippen molar-refractivity contribution in [3.63, 3.8) is 0 Å². The predicted octanol–water partition coefficient (Wildman–Crippen LogP) is 2.62. The SMILES string of the molecule is Cc1oc2c(c1C(=O)N(C)Cc1nc3ccccc3c(=O)[nH]1)C(=O)CCC2. The first kappa shape index (κ1) is 17.2. The zero-order valence-corrected chi connectivity index (χ0v) is 15.2. The third-order valence-corrected chi connectivity index (χ3v) is 4.85. The normalized spacial score (nSPS) is 13.6. The van der Waals surface area contributed by atoms with Gasteiger partial charge in [0.15, 0.2) is 5.78 Å². The molecule has 138 valence electrons. The molecule has 2 heterocycles. The van der Waals surface area contributed by atoms with Gasteiger partial charge in [0.25, 0.3) is 11.5 Å². The first-order chi connectivity index (χ1) is 13.0. The van der Waals surface area contributed by atoms with Crippen LogP contribution in [0.3, 0.4) is 0 Å². The van der Waals surface area contributed by atoms with Gasteiger partial charge in [0.1, 0.15) is 17.3 Å². The summed E-state index contributed by atoms with van der Waals surface area (Å²) in [6.07, 6.45) is 1.83. The number of nitrogens with zero attached hydrogens (tertiary/aromatic N) is 2. The molecule has 7 nitrogen and oxygen atoms in total. The number of Topliss-reactive ketones (excluding diaryl/α,β-unsaturated/α-hetero) is 1. The molecule has 3 aromatic rings. The number of amides is 1. The van der Waals surface area contributed by atoms with Crippen molar-refractivity contribution < 1.29 is 14.0 Å². The van der Waals surface area contributed by atoms with Crippen LogP contribution < -0.4 is 5.56 Å². The topological polar surface area (TPSA) is 96.3 Å². The maximum Gasteiger partial charge on any atom is 0.258 e. The second-order valence-electron chi connectivity index (χ2n) is 6.80. The number of aryl methyl sites for hydroxylation is 2. The van der Waals surface area contributed by atoms with Crippen molar-refractivity contribution in [3.05, 3.63) is 63.1 Å². The van der Waals surface area contributed by atoms with E-state index in [1.807, 2.05) is 0 Å². The number of fused-ring (bicyclic) bond motifs is 2. The smallest absolute Gasteiger partial charge is 0.258 e. The van der Waals surface area contributed by atoms with Gasteiger partial charge in [-0.2, -0.15) is 0 Å². The highest BCUT2D eigenvalue weighted by atomic mass is 16.3. The number of aromatic nitrogens is 2. The first-order valence-corrected chi connectivity index (χ1v) is 8.84. The van der Waals surface area contributed by atoms with Crippen LogP contribution in [-0.4, -0.2) is 33.6 Å². The Labute approximate surface area is 155 Å². The number of benzene rings is 1. The monoisotopic (exact) mass is 365 g/mol. The van der Waals surface area contributed by atoms with Crippen LogP contribution in [0.25, 0.3) is 10.9 Å². The van der Waals surface area contributed by atoms with Crippen LogP contribution in [0, 0.1) is 6.92 Å². The summed E-state index contributed by atoms with van der Waals surface area (Å²) in [6, 6.07) is 7.04. The minimum absolute atomic E-state index is 0.0536. The first-order valence-electron chi connectivity index (χ1n) is 8.84. The van der Waals surface area contributed by atoms with E-state index in [2.05, 4.69) is 9.97 Å². The van der Waals surface area contributed by atoms with Gasteiger partial charge in [0, 0.05) is 19.9 Å². The summed E-state index contributed by atoms with van der Waals surface area (Å²) in [5.74, 6) is 1.06. The number of hydrogen-bond donors (Lipinski definition) is 1. The molecule has 0 bridgehead atoms. The fourth-order valence-corrected chi connectivity index (χ4v) is 3.56. The zero-order valence-electron chi connectivity index (χ0n) is 15.2. The molecule has 0 radical (unpaired) electrons. The van der Waals surface area contributed by atoms with Crippen molar-refractivity contribution >= 4 is 22.6 Å². The standard InChI is InChI=1S/C20H19N3O4/c1-11-17(18-14(24)8-5-9-15(18)27-11)20(26)23(2)10-16-21-13-7-4-3-6-12(13)19(25)22-16/h3-4,6-7H,5,8-10H2,1-2H3,(H,21,22,25). The van der Waals surface area contributed by atoms with E-state index in [-0.39, 0.29) is 23.8 Å². The van der Waals surface area contributed by atoms with E-state index in [1.54, 1.807) is 38.2 Å². The fourth-order valence-electron chi connectivity index (χ4n) is 3.56. The molecule has 2 aromatic heterocycles. The molecule has 0 saturated carbocycles. The minimum atomic E-state index is -0.316. The van der Waals surface area contributed by atoms with Crippen LogP contribution in [0.4, 0.5) is 0 Å². The number of carbonyl (C=O) groups is 2. The summed E-state index contributed by atoms with van der Waals surface area (Å²) in [7, 11) is 1.61. The van der Waals surface area contributed by atoms with E-state index >= 15 is 0 Å². The lowest BCUT2D eigenvalue weighted by atomic mass is 9.93. The Morgan fingerprint density at radius 1 is 1.26 bits per heavy atom. The van der Waals surface area contributed by atoms with Gasteiger partial charge in [-0.3, -0.25) is 14.4 Å². The highest BCUT2D eigenvalue weighted by Crippen LogP contribution is 2.30. The molecule has 0 aliphatic heterocycles. The van der Waals surface area contributed by atoms with Crippen LogP contribution >= 0.6 is 0 Å². The van der Waals surface area contributed by atoms with Crippen LogP contribution in [0.2, 0.25) is 0 Å². The molecule has 1 amide bonds. The quantitative estimate of drug-likeness (QED) is 0.770. The highest BCUT2D eigenvalue weighted by molar-refractivity contribution is 6.09. The largest absolute Gasteiger partial charge is 0.465 e. The lowest BCUT2D eigenvalue weighted by Gasteiger charge is -2.18. The Balaban J connectivity index is 1.66. The van der Waals surface area contributed by atoms with Crippen molar-refractivity contribution in [2.45, 2.75) is 32.7 Å². The number of hydrogen-bond acceptors (Lipinski definition) is 5. The maximum atomic E-state index is 13.0. The molecule has 1 aliphatic carbocycles. The molecule has 0 saturated heterocycles. The van der Waals surface area contributed by atoms with Gasteiger partial charge in [-0.1, -0.05) is 12.1 Å². The Hall–Kier alpha value is -3.22. The molecule has 1 N–H and O–H groups in total. The number of para-hydroxylation sites is 1. The second-order valence-corrected chi connectivity index (χ2v) is 6.80. The van der Waals surface area contributed by atoms with Crippen LogP contribution in [0.5, 0.6) is 0 Å². The number of furan rings is 1. The van der Waals surface area contributed by atoms with Gasteiger partial charge in [-0.25, -0.2) is 4.98 Å². The van der Waals surface area contributed by atoms with Crippen LogP contribution in [0.1, 0.15) is 50.9 Å². The molecular weight excluding hydrogens is 346 g/mol. The van der Waals surface area contributed by atoms with E-state index in [0.29, 0.717) is 52.2 Å². The van der Waals surface area contributed by atoms with Crippen molar-refractivity contribution in [2.24, 2.45) is 0 Å². The number of H-pyrrole nitrogens is 1. The summed E-state index contributed by atoms with van der Waals surface area (Å²) in [4.78, 5) is 46.1. The van der Waals surface area contributed by atoms with Crippen LogP contribution in [0.15, 0.2) is 33.5 Å². The summed E-state index contributed by atoms with van der Waals surface area (Å²) in [6.45, 7) is 1.81. The van der Waals surface area contributed by atoms with E-state index in [0.717, 1.165) is 6.42 Å². The second kappa shape index (κ2) is 6.50. The minimum Gasteiger partial charge on any atom is -0.465 e. The molecule has 27 heavy (non-hydrogen) atoms. The van der Waals surface area contributed by atoms with Gasteiger partial charge < -0.3 is 14.3 Å². The molecule has 4 rings (SSSR count). The van der Waals surface area contributed by atoms with E-state index < -0.39 is 0 Å². The zero-order chi connectivity index (χ0) is 19.1. The maximum absolute atomic E-state index is 13.0. The lowest BCUT2D eigenvalue weighted by molar-refractivity contribution is 0.0774. The average Bonchev–Trinajstić information content (AvgIpc) is 2.98. The molecule has 0 spiro atoms. The van der Waals surface area contributed by atoms with Crippen molar-refractivity contribution in [1.29, 1.82) is 0 Å². The molecule has 7 heteroatoms. The lowest BCUT2D eigenvalue weighted by Crippen LogP contribution is -2.30. The number of aromatic amines is 1. The van der Waals surface area contributed by atoms with Gasteiger partial charge in [-0.05, 0) is 25.5 Å². The van der Waals surface area contributed by atoms with Crippen molar-refractivity contribution in [1.82, 2.24) is 14.9 Å². The number of ketones is 1.